The molecular formula is C17H16NO2+. The molecule has 2 aromatic rings. The van der Waals surface area contributed by atoms with E-state index in [0.717, 1.165) is 17.5 Å². The summed E-state index contributed by atoms with van der Waals surface area (Å²) in [6, 6.07) is 17.8. The molecule has 3 rings (SSSR count). The Morgan fingerprint density at radius 1 is 1.05 bits per heavy atom. The topological polar surface area (TPSA) is 29.3 Å². The minimum absolute atomic E-state index is 0.289. The Bertz CT molecular complexity index is 647. The van der Waals surface area contributed by atoms with E-state index in [9.17, 15) is 4.79 Å². The molecule has 0 saturated heterocycles. The van der Waals surface area contributed by atoms with Gasteiger partial charge in [-0.25, -0.2) is 0 Å². The standard InChI is InChI=1S/C17H16NO2/c19-17(20-13-14-6-2-1-3-7-14)18-11-10-15-8-4-5-9-16(15)12-18/h1-9,12H,10-11,13H2/q+1. The molecule has 0 unspecified atom stereocenters. The molecule has 0 atom stereocenters. The Labute approximate surface area is 118 Å². The highest BCUT2D eigenvalue weighted by Crippen LogP contribution is 2.12. The van der Waals surface area contributed by atoms with Gasteiger partial charge in [-0.2, -0.15) is 4.79 Å². The second-order valence-corrected chi connectivity index (χ2v) is 4.81. The fourth-order valence-electron chi connectivity index (χ4n) is 2.31. The number of amides is 1. The maximum Gasteiger partial charge on any atom is 0.596 e. The second-order valence-electron chi connectivity index (χ2n) is 4.81. The van der Waals surface area contributed by atoms with Crippen molar-refractivity contribution in [3.63, 3.8) is 0 Å². The summed E-state index contributed by atoms with van der Waals surface area (Å²) in [6.45, 7) is 0.982. The lowest BCUT2D eigenvalue weighted by atomic mass is 10.0. The van der Waals surface area contributed by atoms with Gasteiger partial charge in [0.2, 0.25) is 0 Å². The Balaban J connectivity index is 1.68. The highest BCUT2D eigenvalue weighted by molar-refractivity contribution is 5.82. The van der Waals surface area contributed by atoms with Gasteiger partial charge in [0, 0.05) is 12.0 Å². The van der Waals surface area contributed by atoms with Crippen molar-refractivity contribution in [1.82, 2.24) is 0 Å². The minimum Gasteiger partial charge on any atom is -0.407 e. The van der Waals surface area contributed by atoms with E-state index in [0.29, 0.717) is 13.2 Å². The van der Waals surface area contributed by atoms with Crippen LogP contribution in [0.25, 0.3) is 0 Å². The molecule has 0 bridgehead atoms. The van der Waals surface area contributed by atoms with Crippen LogP contribution < -0.4 is 0 Å². The molecule has 0 saturated carbocycles. The van der Waals surface area contributed by atoms with E-state index >= 15 is 0 Å². The van der Waals surface area contributed by atoms with Crippen LogP contribution in [0.4, 0.5) is 4.79 Å². The van der Waals surface area contributed by atoms with Gasteiger partial charge in [-0.3, -0.25) is 0 Å². The molecule has 100 valence electrons. The van der Waals surface area contributed by atoms with Gasteiger partial charge in [0.1, 0.15) is 6.61 Å². The monoisotopic (exact) mass is 266 g/mol. The first-order valence-electron chi connectivity index (χ1n) is 6.73. The number of rotatable bonds is 2. The van der Waals surface area contributed by atoms with Crippen molar-refractivity contribution in [3.8, 4) is 0 Å². The van der Waals surface area contributed by atoms with Crippen LogP contribution in [0.5, 0.6) is 0 Å². The van der Waals surface area contributed by atoms with E-state index in [-0.39, 0.29) is 6.09 Å². The number of carbonyl (C=O) groups is 1. The van der Waals surface area contributed by atoms with E-state index in [4.69, 9.17) is 4.74 Å². The molecule has 2 aromatic carbocycles. The maximum absolute atomic E-state index is 12.1. The molecule has 0 aliphatic carbocycles. The molecule has 0 spiro atoms. The zero-order valence-corrected chi connectivity index (χ0v) is 11.2. The average Bonchev–Trinajstić information content (AvgIpc) is 2.53. The predicted octanol–water partition coefficient (Wildman–Crippen LogP) is 3.01. The molecule has 3 heteroatoms. The molecule has 3 nitrogen and oxygen atoms in total. The molecule has 0 radical (unpaired) electrons. The van der Waals surface area contributed by atoms with Gasteiger partial charge in [-0.05, 0) is 17.2 Å². The summed E-state index contributed by atoms with van der Waals surface area (Å²) in [5, 5.41) is 0. The first-order valence-corrected chi connectivity index (χ1v) is 6.73. The third-order valence-corrected chi connectivity index (χ3v) is 3.41. The Morgan fingerprint density at radius 3 is 2.65 bits per heavy atom. The van der Waals surface area contributed by atoms with Crippen LogP contribution in [0, 0.1) is 0 Å². The smallest absolute Gasteiger partial charge is 0.407 e. The molecule has 0 fully saturated rings. The number of fused-ring (bicyclic) bond motifs is 1. The SMILES string of the molecule is O=C(OCc1ccccc1)[N+]1=Cc2ccccc2CC1. The summed E-state index contributed by atoms with van der Waals surface area (Å²) in [5.74, 6) is 0. The van der Waals surface area contributed by atoms with Gasteiger partial charge in [0.25, 0.3) is 0 Å². The lowest BCUT2D eigenvalue weighted by molar-refractivity contribution is -0.443. The predicted molar refractivity (Wildman–Crippen MR) is 77.1 cm³/mol. The fourth-order valence-corrected chi connectivity index (χ4v) is 2.31. The third kappa shape index (κ3) is 2.77. The Morgan fingerprint density at radius 2 is 1.80 bits per heavy atom. The number of nitrogens with zero attached hydrogens (tertiary/aromatic N) is 1. The fraction of sp³-hybridized carbons (Fsp3) is 0.176. The lowest BCUT2D eigenvalue weighted by Gasteiger charge is -2.10. The molecule has 0 aromatic heterocycles. The van der Waals surface area contributed by atoms with Crippen LogP contribution in [0.3, 0.4) is 0 Å². The quantitative estimate of drug-likeness (QED) is 0.782. The van der Waals surface area contributed by atoms with Crippen molar-refractivity contribution < 1.29 is 14.1 Å². The van der Waals surface area contributed by atoms with Crippen LogP contribution in [0.15, 0.2) is 54.6 Å². The second kappa shape index (κ2) is 5.70. The normalized spacial score (nSPS) is 13.3. The van der Waals surface area contributed by atoms with E-state index in [1.807, 2.05) is 54.7 Å². The number of benzene rings is 2. The highest BCUT2D eigenvalue weighted by atomic mass is 16.5. The van der Waals surface area contributed by atoms with Crippen LogP contribution in [0.1, 0.15) is 16.7 Å². The highest BCUT2D eigenvalue weighted by Gasteiger charge is 2.24. The molecular weight excluding hydrogens is 250 g/mol. The van der Waals surface area contributed by atoms with E-state index in [1.165, 1.54) is 5.56 Å². The van der Waals surface area contributed by atoms with Gasteiger partial charge in [-0.1, -0.05) is 48.5 Å². The van der Waals surface area contributed by atoms with Crippen molar-refractivity contribution in [2.45, 2.75) is 13.0 Å². The third-order valence-electron chi connectivity index (χ3n) is 3.41. The summed E-state index contributed by atoms with van der Waals surface area (Å²) in [4.78, 5) is 12.1. The Hall–Kier alpha value is -2.42. The molecule has 1 amide bonds. The van der Waals surface area contributed by atoms with E-state index < -0.39 is 0 Å². The van der Waals surface area contributed by atoms with Crippen molar-refractivity contribution in [2.75, 3.05) is 6.54 Å². The van der Waals surface area contributed by atoms with Crippen LogP contribution >= 0.6 is 0 Å². The zero-order chi connectivity index (χ0) is 13.8. The maximum atomic E-state index is 12.1. The summed E-state index contributed by atoms with van der Waals surface area (Å²) in [5.41, 5.74) is 3.37. The van der Waals surface area contributed by atoms with E-state index in [2.05, 4.69) is 6.07 Å². The van der Waals surface area contributed by atoms with Gasteiger partial charge in [0.05, 0.1) is 0 Å². The van der Waals surface area contributed by atoms with Gasteiger partial charge in [0.15, 0.2) is 12.8 Å². The lowest BCUT2D eigenvalue weighted by Crippen LogP contribution is -2.29. The summed E-state index contributed by atoms with van der Waals surface area (Å²) >= 11 is 0. The average molecular weight is 266 g/mol. The largest absolute Gasteiger partial charge is 0.596 e. The molecule has 0 N–H and O–H groups in total. The zero-order valence-electron chi connectivity index (χ0n) is 11.2. The van der Waals surface area contributed by atoms with E-state index in [1.54, 1.807) is 4.58 Å². The van der Waals surface area contributed by atoms with Crippen molar-refractivity contribution in [2.24, 2.45) is 0 Å². The first kappa shape index (κ1) is 12.6. The molecule has 1 heterocycles. The Kier molecular flexibility index (Phi) is 3.59. The minimum atomic E-state index is -0.289. The van der Waals surface area contributed by atoms with Crippen molar-refractivity contribution in [3.05, 3.63) is 71.3 Å². The summed E-state index contributed by atoms with van der Waals surface area (Å²) in [6.07, 6.45) is 2.45. The van der Waals surface area contributed by atoms with Crippen molar-refractivity contribution >= 4 is 12.3 Å². The van der Waals surface area contributed by atoms with Crippen molar-refractivity contribution in [1.29, 1.82) is 0 Å². The summed E-state index contributed by atoms with van der Waals surface area (Å²) < 4.78 is 6.98. The number of hydrogen-bond acceptors (Lipinski definition) is 2. The van der Waals surface area contributed by atoms with Gasteiger partial charge < -0.3 is 4.74 Å². The van der Waals surface area contributed by atoms with Gasteiger partial charge >= 0.3 is 6.09 Å². The molecule has 20 heavy (non-hydrogen) atoms. The van der Waals surface area contributed by atoms with Crippen LogP contribution in [-0.2, 0) is 17.8 Å². The van der Waals surface area contributed by atoms with Crippen LogP contribution in [0.2, 0.25) is 0 Å². The summed E-state index contributed by atoms with van der Waals surface area (Å²) in [7, 11) is 0. The first-order chi connectivity index (χ1) is 9.83. The van der Waals surface area contributed by atoms with Gasteiger partial charge in [-0.15, -0.1) is 4.58 Å². The molecule has 1 aliphatic rings. The number of hydrogen-bond donors (Lipinski definition) is 0. The number of carbonyl (C=O) groups excluding carboxylic acids is 1. The number of ether oxygens (including phenoxy) is 1. The molecule has 1 aliphatic heterocycles. The van der Waals surface area contributed by atoms with Crippen LogP contribution in [-0.4, -0.2) is 23.4 Å².